The van der Waals surface area contributed by atoms with Gasteiger partial charge in [-0.3, -0.25) is 0 Å². The molecule has 0 atom stereocenters. The van der Waals surface area contributed by atoms with Gasteiger partial charge in [0, 0.05) is 26.2 Å². The fourth-order valence-corrected chi connectivity index (χ4v) is 4.13. The number of hydrogen-bond acceptors (Lipinski definition) is 7. The summed E-state index contributed by atoms with van der Waals surface area (Å²) in [7, 11) is 0.651. The molecule has 0 radical (unpaired) electrons. The first-order valence-corrected chi connectivity index (χ1v) is 10.1. The number of methoxy groups -OCH3 is 1. The quantitative estimate of drug-likeness (QED) is 0.635. The van der Waals surface area contributed by atoms with Crippen LogP contribution in [0.5, 0.6) is 5.75 Å². The summed E-state index contributed by atoms with van der Waals surface area (Å²) in [6, 6.07) is 15.8. The molecule has 0 aliphatic rings. The Kier molecular flexibility index (Phi) is 5.87. The number of hydrogen-bond donors (Lipinski definition) is 1. The van der Waals surface area contributed by atoms with Crippen molar-refractivity contribution in [2.45, 2.75) is 11.4 Å². The Balaban J connectivity index is 2.02. The zero-order valence-electron chi connectivity index (χ0n) is 16.2. The van der Waals surface area contributed by atoms with E-state index in [1.165, 1.54) is 30.6 Å². The third-order valence-corrected chi connectivity index (χ3v) is 6.13. The Morgan fingerprint density at radius 2 is 1.97 bits per heavy atom. The van der Waals surface area contributed by atoms with E-state index in [1.54, 1.807) is 13.1 Å². The van der Waals surface area contributed by atoms with Crippen molar-refractivity contribution in [1.29, 1.82) is 5.26 Å². The standard InChI is InChI=1S/C20H20N4O4S/c1-22-20-16(12-21)23-19(28-20)15-9-10-17(27-3)18(11-15)29(25,26)24(2)13-14-7-5-4-6-8-14/h4-11,22H,13H2,1-3H3. The summed E-state index contributed by atoms with van der Waals surface area (Å²) >= 11 is 0. The van der Waals surface area contributed by atoms with Gasteiger partial charge in [-0.15, -0.1) is 0 Å². The zero-order chi connectivity index (χ0) is 21.0. The van der Waals surface area contributed by atoms with Crippen LogP contribution in [0.1, 0.15) is 11.3 Å². The predicted molar refractivity (Wildman–Crippen MR) is 108 cm³/mol. The number of sulfonamides is 1. The molecule has 0 bridgehead atoms. The summed E-state index contributed by atoms with van der Waals surface area (Å²) in [4.78, 5) is 4.11. The predicted octanol–water partition coefficient (Wildman–Crippen LogP) is 3.08. The molecule has 0 aliphatic carbocycles. The summed E-state index contributed by atoms with van der Waals surface area (Å²) in [5, 5.41) is 11.9. The highest BCUT2D eigenvalue weighted by Crippen LogP contribution is 2.33. The minimum atomic E-state index is -3.87. The fraction of sp³-hybridized carbons (Fsp3) is 0.200. The molecule has 9 heteroatoms. The lowest BCUT2D eigenvalue weighted by Gasteiger charge is -2.19. The number of benzene rings is 2. The minimum Gasteiger partial charge on any atom is -0.495 e. The van der Waals surface area contributed by atoms with E-state index in [0.29, 0.717) is 5.56 Å². The van der Waals surface area contributed by atoms with E-state index in [0.717, 1.165) is 5.56 Å². The monoisotopic (exact) mass is 412 g/mol. The van der Waals surface area contributed by atoms with Gasteiger partial charge >= 0.3 is 0 Å². The molecule has 8 nitrogen and oxygen atoms in total. The van der Waals surface area contributed by atoms with Gasteiger partial charge in [0.2, 0.25) is 27.5 Å². The van der Waals surface area contributed by atoms with Crippen LogP contribution in [0.25, 0.3) is 11.5 Å². The summed E-state index contributed by atoms with van der Waals surface area (Å²) in [5.74, 6) is 0.550. The second kappa shape index (κ2) is 8.34. The van der Waals surface area contributed by atoms with Crippen molar-refractivity contribution in [3.8, 4) is 23.3 Å². The average molecular weight is 412 g/mol. The maximum atomic E-state index is 13.2. The Bertz CT molecular complexity index is 1150. The van der Waals surface area contributed by atoms with Crippen molar-refractivity contribution in [1.82, 2.24) is 9.29 Å². The summed E-state index contributed by atoms with van der Waals surface area (Å²) in [5.41, 5.74) is 1.36. The lowest BCUT2D eigenvalue weighted by Crippen LogP contribution is -2.27. The summed E-state index contributed by atoms with van der Waals surface area (Å²) in [6.07, 6.45) is 0. The van der Waals surface area contributed by atoms with E-state index in [-0.39, 0.29) is 34.7 Å². The largest absolute Gasteiger partial charge is 0.495 e. The van der Waals surface area contributed by atoms with Crippen molar-refractivity contribution in [3.05, 3.63) is 59.8 Å². The van der Waals surface area contributed by atoms with E-state index in [9.17, 15) is 8.42 Å². The third-order valence-electron chi connectivity index (χ3n) is 4.31. The third kappa shape index (κ3) is 4.08. The first kappa shape index (κ1) is 20.4. The van der Waals surface area contributed by atoms with Crippen LogP contribution in [-0.4, -0.2) is 38.9 Å². The van der Waals surface area contributed by atoms with Gasteiger partial charge in [-0.1, -0.05) is 30.3 Å². The van der Waals surface area contributed by atoms with Gasteiger partial charge < -0.3 is 14.5 Å². The molecule has 0 spiro atoms. The number of nitrogens with one attached hydrogen (secondary N) is 1. The van der Waals surface area contributed by atoms with Gasteiger partial charge in [0.25, 0.3) is 0 Å². The van der Waals surface area contributed by atoms with Crippen LogP contribution >= 0.6 is 0 Å². The van der Waals surface area contributed by atoms with Gasteiger partial charge in [-0.25, -0.2) is 8.42 Å². The van der Waals surface area contributed by atoms with Crippen molar-refractivity contribution >= 4 is 15.9 Å². The average Bonchev–Trinajstić information content (AvgIpc) is 3.17. The number of anilines is 1. The molecule has 1 heterocycles. The molecule has 0 saturated carbocycles. The fourth-order valence-electron chi connectivity index (χ4n) is 2.79. The van der Waals surface area contributed by atoms with Gasteiger partial charge in [-0.2, -0.15) is 14.6 Å². The van der Waals surface area contributed by atoms with Crippen LogP contribution in [0.2, 0.25) is 0 Å². The SMILES string of the molecule is CNc1oc(-c2ccc(OC)c(S(=O)(=O)N(C)Cc3ccccc3)c2)nc1C#N. The second-order valence-corrected chi connectivity index (χ2v) is 8.18. The lowest BCUT2D eigenvalue weighted by molar-refractivity contribution is 0.397. The first-order chi connectivity index (χ1) is 13.9. The Labute approximate surface area is 169 Å². The molecule has 0 fully saturated rings. The van der Waals surface area contributed by atoms with Crippen molar-refractivity contribution in [2.75, 3.05) is 26.5 Å². The van der Waals surface area contributed by atoms with Crippen LogP contribution < -0.4 is 10.1 Å². The normalized spacial score (nSPS) is 11.3. The maximum Gasteiger partial charge on any atom is 0.246 e. The Morgan fingerprint density at radius 3 is 2.55 bits per heavy atom. The molecular weight excluding hydrogens is 392 g/mol. The number of rotatable bonds is 7. The lowest BCUT2D eigenvalue weighted by atomic mass is 10.2. The number of aromatic nitrogens is 1. The highest BCUT2D eigenvalue weighted by atomic mass is 32.2. The van der Waals surface area contributed by atoms with Crippen molar-refractivity contribution < 1.29 is 17.6 Å². The molecule has 0 saturated heterocycles. The number of nitrogens with zero attached hydrogens (tertiary/aromatic N) is 3. The van der Waals surface area contributed by atoms with E-state index in [4.69, 9.17) is 14.4 Å². The van der Waals surface area contributed by atoms with Crippen LogP contribution in [0.3, 0.4) is 0 Å². The maximum absolute atomic E-state index is 13.2. The number of nitriles is 1. The number of ether oxygens (including phenoxy) is 1. The second-order valence-electron chi connectivity index (χ2n) is 6.17. The van der Waals surface area contributed by atoms with E-state index in [2.05, 4.69) is 10.3 Å². The smallest absolute Gasteiger partial charge is 0.246 e. The molecular formula is C20H20N4O4S. The van der Waals surface area contributed by atoms with Gasteiger partial charge in [0.05, 0.1) is 7.11 Å². The molecule has 3 aromatic rings. The van der Waals surface area contributed by atoms with Crippen molar-refractivity contribution in [3.63, 3.8) is 0 Å². The van der Waals surface area contributed by atoms with Crippen LogP contribution in [-0.2, 0) is 16.6 Å². The highest BCUT2D eigenvalue weighted by Gasteiger charge is 2.26. The Hall–Kier alpha value is -3.35. The van der Waals surface area contributed by atoms with E-state index < -0.39 is 10.0 Å². The van der Waals surface area contributed by atoms with Gasteiger partial charge in [0.1, 0.15) is 16.7 Å². The first-order valence-electron chi connectivity index (χ1n) is 8.68. The minimum absolute atomic E-state index is 0.0151. The van der Waals surface area contributed by atoms with E-state index >= 15 is 0 Å². The molecule has 2 aromatic carbocycles. The van der Waals surface area contributed by atoms with Crippen LogP contribution in [0, 0.1) is 11.3 Å². The molecule has 150 valence electrons. The van der Waals surface area contributed by atoms with Crippen LogP contribution in [0.4, 0.5) is 5.88 Å². The zero-order valence-corrected chi connectivity index (χ0v) is 17.0. The van der Waals surface area contributed by atoms with E-state index in [1.807, 2.05) is 36.4 Å². The molecule has 1 aromatic heterocycles. The van der Waals surface area contributed by atoms with Gasteiger partial charge in [0.15, 0.2) is 0 Å². The van der Waals surface area contributed by atoms with Gasteiger partial charge in [-0.05, 0) is 23.8 Å². The molecule has 1 N–H and O–H groups in total. The molecule has 3 rings (SSSR count). The summed E-state index contributed by atoms with van der Waals surface area (Å²) < 4.78 is 38.5. The molecule has 29 heavy (non-hydrogen) atoms. The topological polar surface area (TPSA) is 108 Å². The highest BCUT2D eigenvalue weighted by molar-refractivity contribution is 7.89. The van der Waals surface area contributed by atoms with Crippen LogP contribution in [0.15, 0.2) is 57.8 Å². The molecule has 0 amide bonds. The summed E-state index contributed by atoms with van der Waals surface area (Å²) in [6.45, 7) is 0.206. The Morgan fingerprint density at radius 1 is 1.24 bits per heavy atom. The number of oxazole rings is 1. The van der Waals surface area contributed by atoms with Crippen molar-refractivity contribution in [2.24, 2.45) is 0 Å². The molecule has 0 aliphatic heterocycles. The molecule has 0 unspecified atom stereocenters.